The van der Waals surface area contributed by atoms with Crippen LogP contribution in [0.3, 0.4) is 0 Å². The molecular weight excluding hydrogens is 338 g/mol. The number of nitrogens with zero attached hydrogens (tertiary/aromatic N) is 5. The van der Waals surface area contributed by atoms with Crippen LogP contribution in [0.4, 0.5) is 11.8 Å². The van der Waals surface area contributed by atoms with Gasteiger partial charge >= 0.3 is 0 Å². The lowest BCUT2D eigenvalue weighted by molar-refractivity contribution is 0.122. The van der Waals surface area contributed by atoms with Crippen molar-refractivity contribution in [1.82, 2.24) is 20.2 Å². The van der Waals surface area contributed by atoms with Crippen molar-refractivity contribution in [3.63, 3.8) is 0 Å². The first kappa shape index (κ1) is 15.2. The summed E-state index contributed by atoms with van der Waals surface area (Å²) < 4.78 is 5.51. The van der Waals surface area contributed by atoms with Crippen LogP contribution in [0.15, 0.2) is 0 Å². The largest absolute Gasteiger partial charge is 0.378 e. The van der Waals surface area contributed by atoms with Crippen molar-refractivity contribution in [2.75, 3.05) is 36.6 Å². The third kappa shape index (κ3) is 2.42. The number of nitrogens with two attached hydrogens (primary N) is 1. The van der Waals surface area contributed by atoms with Crippen molar-refractivity contribution in [2.45, 2.75) is 25.7 Å². The molecule has 9 heteroatoms. The fourth-order valence-corrected chi connectivity index (χ4v) is 4.83. The Morgan fingerprint density at radius 2 is 1.80 bits per heavy atom. The fraction of sp³-hybridized carbons (Fsp3) is 0.500. The van der Waals surface area contributed by atoms with E-state index in [1.54, 1.807) is 11.3 Å². The van der Waals surface area contributed by atoms with E-state index in [4.69, 9.17) is 15.6 Å². The Balaban J connectivity index is 1.77. The summed E-state index contributed by atoms with van der Waals surface area (Å²) >= 11 is 1.56. The first-order valence-corrected chi connectivity index (χ1v) is 9.45. The molecule has 4 heterocycles. The number of aromatic nitrogens is 4. The Kier molecular flexibility index (Phi) is 3.65. The Hall–Kier alpha value is -2.10. The molecule has 5 rings (SSSR count). The average Bonchev–Trinajstić information content (AvgIpc) is 3.05. The summed E-state index contributed by atoms with van der Waals surface area (Å²) in [6.07, 6.45) is 4.56. The maximum absolute atomic E-state index is 5.51. The highest BCUT2D eigenvalue weighted by Gasteiger charge is 2.26. The van der Waals surface area contributed by atoms with E-state index >= 15 is 0 Å². The van der Waals surface area contributed by atoms with E-state index in [0.29, 0.717) is 5.95 Å². The van der Waals surface area contributed by atoms with Crippen LogP contribution in [-0.2, 0) is 17.6 Å². The molecule has 8 nitrogen and oxygen atoms in total. The molecule has 0 bridgehead atoms. The molecule has 25 heavy (non-hydrogen) atoms. The molecule has 3 aromatic heterocycles. The quantitative estimate of drug-likeness (QED) is 0.527. The number of hydrazine groups is 1. The summed E-state index contributed by atoms with van der Waals surface area (Å²) in [4.78, 5) is 13.7. The smallest absolute Gasteiger partial charge is 0.258 e. The van der Waals surface area contributed by atoms with Gasteiger partial charge in [0, 0.05) is 18.5 Å². The summed E-state index contributed by atoms with van der Waals surface area (Å²) in [7, 11) is 0. The highest BCUT2D eigenvalue weighted by molar-refractivity contribution is 7.25. The van der Waals surface area contributed by atoms with Gasteiger partial charge in [-0.15, -0.1) is 10.2 Å². The molecule has 3 N–H and O–H groups in total. The van der Waals surface area contributed by atoms with Gasteiger partial charge in [-0.3, -0.25) is 5.43 Å². The molecule has 2 aliphatic rings. The molecule has 0 radical (unpaired) electrons. The zero-order chi connectivity index (χ0) is 16.8. The predicted octanol–water partition coefficient (Wildman–Crippen LogP) is 1.64. The number of morpholine rings is 1. The van der Waals surface area contributed by atoms with Crippen LogP contribution in [-0.4, -0.2) is 46.5 Å². The van der Waals surface area contributed by atoms with E-state index in [1.807, 2.05) is 0 Å². The third-order valence-electron chi connectivity index (χ3n) is 4.99. The highest BCUT2D eigenvalue weighted by Crippen LogP contribution is 2.40. The second kappa shape index (κ2) is 6.01. The van der Waals surface area contributed by atoms with Crippen molar-refractivity contribution in [3.05, 3.63) is 11.1 Å². The summed E-state index contributed by atoms with van der Waals surface area (Å²) in [5, 5.41) is 9.57. The molecule has 1 aliphatic heterocycles. The van der Waals surface area contributed by atoms with Gasteiger partial charge in [0.15, 0.2) is 4.83 Å². The lowest BCUT2D eigenvalue weighted by atomic mass is 9.90. The van der Waals surface area contributed by atoms with Gasteiger partial charge in [0.05, 0.1) is 13.2 Å². The molecule has 3 aromatic rings. The number of aryl methyl sites for hydroxylation is 1. The fourth-order valence-electron chi connectivity index (χ4n) is 3.82. The van der Waals surface area contributed by atoms with Gasteiger partial charge < -0.3 is 9.64 Å². The molecule has 1 fully saturated rings. The van der Waals surface area contributed by atoms with Gasteiger partial charge in [-0.1, -0.05) is 11.3 Å². The number of pyridine rings is 1. The maximum atomic E-state index is 5.51. The zero-order valence-corrected chi connectivity index (χ0v) is 14.6. The van der Waals surface area contributed by atoms with E-state index in [1.165, 1.54) is 24.0 Å². The number of nitrogens with one attached hydrogen (secondary N) is 1. The summed E-state index contributed by atoms with van der Waals surface area (Å²) in [6, 6.07) is 0. The van der Waals surface area contributed by atoms with E-state index in [0.717, 1.165) is 65.5 Å². The molecule has 1 saturated heterocycles. The topological polar surface area (TPSA) is 102 Å². The molecule has 0 unspecified atom stereocenters. The van der Waals surface area contributed by atoms with Crippen LogP contribution in [0.1, 0.15) is 24.0 Å². The molecule has 0 amide bonds. The molecule has 130 valence electrons. The van der Waals surface area contributed by atoms with Gasteiger partial charge in [-0.2, -0.15) is 4.98 Å². The maximum Gasteiger partial charge on any atom is 0.258 e. The minimum absolute atomic E-state index is 0.335. The lowest BCUT2D eigenvalue weighted by Crippen LogP contribution is -2.37. The normalized spacial score (nSPS) is 17.9. The second-order valence-corrected chi connectivity index (χ2v) is 7.39. The number of thiophene rings is 1. The number of ether oxygens (including phenoxy) is 1. The number of hydrogen-bond acceptors (Lipinski definition) is 9. The van der Waals surface area contributed by atoms with E-state index in [9.17, 15) is 0 Å². The molecule has 0 spiro atoms. The third-order valence-corrected chi connectivity index (χ3v) is 5.95. The molecule has 0 saturated carbocycles. The second-order valence-electron chi connectivity index (χ2n) is 6.41. The van der Waals surface area contributed by atoms with Crippen molar-refractivity contribution < 1.29 is 4.74 Å². The van der Waals surface area contributed by atoms with E-state index in [2.05, 4.69) is 25.5 Å². The predicted molar refractivity (Wildman–Crippen MR) is 98.0 cm³/mol. The van der Waals surface area contributed by atoms with Crippen LogP contribution >= 0.6 is 11.3 Å². The van der Waals surface area contributed by atoms with Crippen molar-refractivity contribution in [1.29, 1.82) is 0 Å². The lowest BCUT2D eigenvalue weighted by Gasteiger charge is -2.31. The van der Waals surface area contributed by atoms with Crippen LogP contribution in [0.5, 0.6) is 0 Å². The summed E-state index contributed by atoms with van der Waals surface area (Å²) in [5.41, 5.74) is 6.07. The van der Waals surface area contributed by atoms with Crippen molar-refractivity contribution in [2.24, 2.45) is 5.84 Å². The van der Waals surface area contributed by atoms with Gasteiger partial charge in [-0.25, -0.2) is 10.8 Å². The Bertz CT molecular complexity index is 951. The van der Waals surface area contributed by atoms with Crippen LogP contribution < -0.4 is 16.2 Å². The average molecular weight is 357 g/mol. The van der Waals surface area contributed by atoms with Crippen LogP contribution in [0.2, 0.25) is 0 Å². The summed E-state index contributed by atoms with van der Waals surface area (Å²) in [5.74, 6) is 6.88. The molecule has 0 aromatic carbocycles. The highest BCUT2D eigenvalue weighted by atomic mass is 32.1. The molecule has 1 aliphatic carbocycles. The van der Waals surface area contributed by atoms with Crippen LogP contribution in [0, 0.1) is 0 Å². The number of fused-ring (bicyclic) bond motifs is 5. The van der Waals surface area contributed by atoms with Gasteiger partial charge in [0.2, 0.25) is 0 Å². The van der Waals surface area contributed by atoms with Crippen molar-refractivity contribution >= 4 is 43.7 Å². The first-order chi connectivity index (χ1) is 12.3. The zero-order valence-electron chi connectivity index (χ0n) is 13.8. The van der Waals surface area contributed by atoms with Crippen molar-refractivity contribution in [3.8, 4) is 0 Å². The van der Waals surface area contributed by atoms with Crippen LogP contribution in [0.25, 0.3) is 20.6 Å². The number of hydrogen-bond donors (Lipinski definition) is 2. The van der Waals surface area contributed by atoms with Gasteiger partial charge in [0.1, 0.15) is 16.2 Å². The Morgan fingerprint density at radius 3 is 2.60 bits per heavy atom. The number of rotatable bonds is 2. The minimum atomic E-state index is 0.335. The standard InChI is InChI=1S/C16H19N7OS/c17-20-16-19-15-12(21-22-16)11-9-3-1-2-4-10(9)13(18-14(11)25-15)23-5-7-24-8-6-23/h1-8,17H2,(H,19,20,22). The Labute approximate surface area is 148 Å². The monoisotopic (exact) mass is 357 g/mol. The van der Waals surface area contributed by atoms with Gasteiger partial charge in [0.25, 0.3) is 5.95 Å². The van der Waals surface area contributed by atoms with E-state index < -0.39 is 0 Å². The first-order valence-electron chi connectivity index (χ1n) is 8.63. The SMILES string of the molecule is NNc1nnc2c(n1)sc1nc(N3CCOCC3)c3c(c12)CCCC3. The number of anilines is 2. The van der Waals surface area contributed by atoms with E-state index in [-0.39, 0.29) is 0 Å². The van der Waals surface area contributed by atoms with Gasteiger partial charge in [-0.05, 0) is 36.8 Å². The Morgan fingerprint density at radius 1 is 1.00 bits per heavy atom. The molecular formula is C16H19N7OS. The summed E-state index contributed by atoms with van der Waals surface area (Å²) in [6.45, 7) is 3.32. The minimum Gasteiger partial charge on any atom is -0.378 e. The molecule has 0 atom stereocenters. The number of nitrogen functional groups attached to an aromatic ring is 1.